The van der Waals surface area contributed by atoms with Crippen LogP contribution in [-0.4, -0.2) is 9.97 Å². The van der Waals surface area contributed by atoms with Crippen molar-refractivity contribution in [3.63, 3.8) is 0 Å². The predicted molar refractivity (Wildman–Crippen MR) is 215 cm³/mol. The van der Waals surface area contributed by atoms with Crippen molar-refractivity contribution < 1.29 is 0 Å². The average Bonchev–Trinajstić information content (AvgIpc) is 3.52. The first kappa shape index (κ1) is 29.7. The topological polar surface area (TPSA) is 25.8 Å². The van der Waals surface area contributed by atoms with Gasteiger partial charge in [0.2, 0.25) is 0 Å². The van der Waals surface area contributed by atoms with Gasteiger partial charge in [-0.25, -0.2) is 9.97 Å². The summed E-state index contributed by atoms with van der Waals surface area (Å²) < 4.78 is 0. The smallest absolute Gasteiger partial charge is 0.160 e. The molecule has 11 rings (SSSR count). The van der Waals surface area contributed by atoms with Gasteiger partial charge in [-0.05, 0) is 49.9 Å². The van der Waals surface area contributed by atoms with E-state index in [9.17, 15) is 0 Å². The van der Waals surface area contributed by atoms with Crippen molar-refractivity contribution in [2.24, 2.45) is 5.92 Å². The summed E-state index contributed by atoms with van der Waals surface area (Å²) in [7, 11) is 0. The van der Waals surface area contributed by atoms with Crippen LogP contribution >= 0.6 is 11.8 Å². The van der Waals surface area contributed by atoms with E-state index in [1.54, 1.807) is 0 Å². The number of aromatic nitrogens is 2. The van der Waals surface area contributed by atoms with Crippen LogP contribution in [0.2, 0.25) is 0 Å². The molecule has 8 aromatic rings. The van der Waals surface area contributed by atoms with Gasteiger partial charge in [-0.2, -0.15) is 0 Å². The zero-order valence-corrected chi connectivity index (χ0v) is 29.1. The van der Waals surface area contributed by atoms with Crippen LogP contribution in [0.1, 0.15) is 28.2 Å². The lowest BCUT2D eigenvalue weighted by atomic mass is 9.62. The normalized spacial score (nSPS) is 17.5. The van der Waals surface area contributed by atoms with Crippen molar-refractivity contribution in [2.45, 2.75) is 21.1 Å². The number of benzene rings is 7. The van der Waals surface area contributed by atoms with Gasteiger partial charge in [0.15, 0.2) is 5.82 Å². The van der Waals surface area contributed by atoms with Gasteiger partial charge in [-0.15, -0.1) is 0 Å². The largest absolute Gasteiger partial charge is 0.228 e. The number of rotatable bonds is 3. The summed E-state index contributed by atoms with van der Waals surface area (Å²) >= 11 is 1.95. The molecule has 3 heteroatoms. The molecule has 1 aromatic heterocycles. The lowest BCUT2D eigenvalue weighted by molar-refractivity contribution is 0.444. The van der Waals surface area contributed by atoms with Crippen molar-refractivity contribution in [3.05, 3.63) is 204 Å². The monoisotopic (exact) mass is 680 g/mol. The fourth-order valence-corrected chi connectivity index (χ4v) is 10.7. The van der Waals surface area contributed by atoms with Gasteiger partial charge in [0.05, 0.1) is 16.8 Å². The number of fused-ring (bicyclic) bond motifs is 13. The van der Waals surface area contributed by atoms with Crippen molar-refractivity contribution in [2.75, 3.05) is 0 Å². The summed E-state index contributed by atoms with van der Waals surface area (Å²) in [6.45, 7) is 0. The van der Waals surface area contributed by atoms with Gasteiger partial charge in [-0.3, -0.25) is 0 Å². The maximum absolute atomic E-state index is 5.36. The molecule has 0 fully saturated rings. The molecule has 2 unspecified atom stereocenters. The van der Waals surface area contributed by atoms with Gasteiger partial charge < -0.3 is 0 Å². The molecular weight excluding hydrogens is 649 g/mol. The molecule has 0 amide bonds. The maximum Gasteiger partial charge on any atom is 0.160 e. The van der Waals surface area contributed by atoms with Crippen LogP contribution in [0.25, 0.3) is 55.4 Å². The Labute approximate surface area is 307 Å². The van der Waals surface area contributed by atoms with Crippen molar-refractivity contribution >= 4 is 33.3 Å². The number of allylic oxidation sites excluding steroid dienone is 4. The summed E-state index contributed by atoms with van der Waals surface area (Å²) in [4.78, 5) is 13.4. The first-order valence-corrected chi connectivity index (χ1v) is 18.8. The van der Waals surface area contributed by atoms with Gasteiger partial charge in [0.25, 0.3) is 0 Å². The highest BCUT2D eigenvalue weighted by Crippen LogP contribution is 2.67. The van der Waals surface area contributed by atoms with E-state index < -0.39 is 5.41 Å². The summed E-state index contributed by atoms with van der Waals surface area (Å²) in [6, 6.07) is 57.3. The number of nitrogens with zero attached hydrogens (tertiary/aromatic N) is 2. The quantitative estimate of drug-likeness (QED) is 0.186. The van der Waals surface area contributed by atoms with Crippen LogP contribution in [0, 0.1) is 5.92 Å². The van der Waals surface area contributed by atoms with Crippen LogP contribution in [0.5, 0.6) is 0 Å². The Morgan fingerprint density at radius 1 is 0.481 bits per heavy atom. The Bertz CT molecular complexity index is 2640. The fraction of sp³-hybridized carbons (Fsp3) is 0.0612. The SMILES string of the molecule is C1=CC2c3c(-c4nc(-c5ccccc5)cc(-c5ccccc5)n4)cccc3C3(c4ccc5ccccc5c4Sc4c3ccc3ccccc43)C2C=C1. The molecule has 7 aromatic carbocycles. The molecule has 2 atom stereocenters. The molecule has 0 saturated heterocycles. The second-order valence-electron chi connectivity index (χ2n) is 14.0. The second-order valence-corrected chi connectivity index (χ2v) is 15.0. The Kier molecular flexibility index (Phi) is 6.56. The minimum absolute atomic E-state index is 0.141. The minimum Gasteiger partial charge on any atom is -0.228 e. The summed E-state index contributed by atoms with van der Waals surface area (Å²) in [5.41, 5.74) is 10.1. The molecule has 3 aliphatic rings. The Balaban J connectivity index is 1.24. The zero-order chi connectivity index (χ0) is 34.2. The van der Waals surface area contributed by atoms with Crippen molar-refractivity contribution in [3.8, 4) is 33.9 Å². The van der Waals surface area contributed by atoms with Gasteiger partial charge in [0.1, 0.15) is 0 Å². The highest BCUT2D eigenvalue weighted by Gasteiger charge is 2.57. The van der Waals surface area contributed by atoms with Crippen LogP contribution in [-0.2, 0) is 5.41 Å². The summed E-state index contributed by atoms with van der Waals surface area (Å²) in [6.07, 6.45) is 9.39. The second kappa shape index (κ2) is 11.5. The molecule has 2 aliphatic carbocycles. The Hall–Kier alpha value is -6.03. The summed E-state index contributed by atoms with van der Waals surface area (Å²) in [5, 5.41) is 5.17. The van der Waals surface area contributed by atoms with Gasteiger partial charge in [-0.1, -0.05) is 188 Å². The molecule has 52 heavy (non-hydrogen) atoms. The van der Waals surface area contributed by atoms with E-state index in [4.69, 9.17) is 9.97 Å². The zero-order valence-electron chi connectivity index (χ0n) is 28.3. The molecule has 2 heterocycles. The number of hydrogen-bond acceptors (Lipinski definition) is 3. The highest BCUT2D eigenvalue weighted by molar-refractivity contribution is 8.00. The molecule has 1 spiro atoms. The van der Waals surface area contributed by atoms with E-state index in [1.165, 1.54) is 53.6 Å². The maximum atomic E-state index is 5.36. The van der Waals surface area contributed by atoms with Crippen molar-refractivity contribution in [1.82, 2.24) is 9.97 Å². The van der Waals surface area contributed by atoms with E-state index in [-0.39, 0.29) is 11.8 Å². The van der Waals surface area contributed by atoms with E-state index in [2.05, 4.69) is 182 Å². The van der Waals surface area contributed by atoms with Crippen LogP contribution < -0.4 is 0 Å². The van der Waals surface area contributed by atoms with Gasteiger partial charge >= 0.3 is 0 Å². The fourth-order valence-electron chi connectivity index (χ4n) is 9.24. The molecule has 0 bridgehead atoms. The van der Waals surface area contributed by atoms with Crippen molar-refractivity contribution in [1.29, 1.82) is 0 Å². The number of hydrogen-bond donors (Lipinski definition) is 0. The average molecular weight is 681 g/mol. The third-order valence-corrected chi connectivity index (χ3v) is 12.7. The van der Waals surface area contributed by atoms with E-state index in [0.717, 1.165) is 33.9 Å². The van der Waals surface area contributed by atoms with E-state index >= 15 is 0 Å². The van der Waals surface area contributed by atoms with E-state index in [1.807, 2.05) is 11.8 Å². The molecule has 0 radical (unpaired) electrons. The molecule has 244 valence electrons. The lowest BCUT2D eigenvalue weighted by Gasteiger charge is -2.44. The standard InChI is InChI=1S/C49H32N2S/c1-3-16-33(17-4-1)43-30-44(34-18-5-2-6-19-34)51-48(50-43)38-23-13-25-40-45(38)37-22-11-12-24-39(37)49(40)41-28-26-31-14-7-9-20-35(31)46(41)52-47-36-21-10-8-15-32(36)27-29-42(47)49/h1-30,37,39H. The third-order valence-electron chi connectivity index (χ3n) is 11.4. The van der Waals surface area contributed by atoms with Crippen LogP contribution in [0.4, 0.5) is 0 Å². The molecule has 0 saturated carbocycles. The molecule has 0 N–H and O–H groups in total. The lowest BCUT2D eigenvalue weighted by Crippen LogP contribution is -2.37. The van der Waals surface area contributed by atoms with Crippen LogP contribution in [0.3, 0.4) is 0 Å². The molecule has 1 aliphatic heterocycles. The predicted octanol–water partition coefficient (Wildman–Crippen LogP) is 12.4. The van der Waals surface area contributed by atoms with E-state index in [0.29, 0.717) is 0 Å². The van der Waals surface area contributed by atoms with Crippen LogP contribution in [0.15, 0.2) is 192 Å². The molecule has 2 nitrogen and oxygen atoms in total. The Morgan fingerprint density at radius 3 is 1.65 bits per heavy atom. The molecular formula is C49H32N2S. The minimum atomic E-state index is -0.416. The third kappa shape index (κ3) is 4.20. The van der Waals surface area contributed by atoms with Gasteiger partial charge in [0, 0.05) is 38.3 Å². The first-order valence-electron chi connectivity index (χ1n) is 18.0. The highest BCUT2D eigenvalue weighted by atomic mass is 32.2. The Morgan fingerprint density at radius 2 is 1.04 bits per heavy atom. The summed E-state index contributed by atoms with van der Waals surface area (Å²) in [5.74, 6) is 1.07. The first-order chi connectivity index (χ1) is 25.8.